The lowest BCUT2D eigenvalue weighted by atomic mass is 9.95. The van der Waals surface area contributed by atoms with E-state index in [1.807, 2.05) is 6.08 Å². The van der Waals surface area contributed by atoms with E-state index in [0.717, 1.165) is 19.3 Å². The van der Waals surface area contributed by atoms with Crippen LogP contribution >= 0.6 is 0 Å². The van der Waals surface area contributed by atoms with Crippen LogP contribution in [0.3, 0.4) is 0 Å². The highest BCUT2D eigenvalue weighted by Crippen LogP contribution is 2.30. The van der Waals surface area contributed by atoms with Gasteiger partial charge in [0.05, 0.1) is 0 Å². The van der Waals surface area contributed by atoms with Gasteiger partial charge in [-0.3, -0.25) is 4.79 Å². The Kier molecular flexibility index (Phi) is 2.97. The average molecular weight is 236 g/mol. The smallest absolute Gasteiger partial charge is 0.155 e. The van der Waals surface area contributed by atoms with Gasteiger partial charge in [-0.1, -0.05) is 42.5 Å². The van der Waals surface area contributed by atoms with Gasteiger partial charge in [0, 0.05) is 6.42 Å². The number of ketones is 1. The number of allylic oxidation sites excluding steroid dienone is 2. The summed E-state index contributed by atoms with van der Waals surface area (Å²) < 4.78 is 0. The van der Waals surface area contributed by atoms with Gasteiger partial charge in [0.15, 0.2) is 5.78 Å². The zero-order valence-corrected chi connectivity index (χ0v) is 10.4. The molecule has 1 aliphatic rings. The van der Waals surface area contributed by atoms with Gasteiger partial charge in [0.1, 0.15) is 0 Å². The minimum absolute atomic E-state index is 0.274. The maximum atomic E-state index is 11.7. The predicted octanol–water partition coefficient (Wildman–Crippen LogP) is 4.37. The number of benzene rings is 2. The third-order valence-electron chi connectivity index (χ3n) is 3.59. The van der Waals surface area contributed by atoms with Crippen molar-refractivity contribution < 1.29 is 4.79 Å². The lowest BCUT2D eigenvalue weighted by molar-refractivity contribution is -0.114. The van der Waals surface area contributed by atoms with Crippen LogP contribution in [0.25, 0.3) is 16.3 Å². The molecular weight excluding hydrogens is 220 g/mol. The molecule has 0 aliphatic heterocycles. The number of hydrogen-bond donors (Lipinski definition) is 0. The highest BCUT2D eigenvalue weighted by Gasteiger charge is 2.11. The molecule has 0 amide bonds. The van der Waals surface area contributed by atoms with E-state index in [0.29, 0.717) is 6.42 Å². The van der Waals surface area contributed by atoms with E-state index in [9.17, 15) is 4.79 Å². The average Bonchev–Trinajstić information content (AvgIpc) is 2.63. The normalized spacial score (nSPS) is 16.4. The van der Waals surface area contributed by atoms with Gasteiger partial charge in [-0.05, 0) is 47.2 Å². The maximum Gasteiger partial charge on any atom is 0.155 e. The molecule has 2 aromatic rings. The molecule has 2 aromatic carbocycles. The van der Waals surface area contributed by atoms with E-state index in [1.54, 1.807) is 0 Å². The van der Waals surface area contributed by atoms with E-state index in [2.05, 4.69) is 42.5 Å². The Morgan fingerprint density at radius 1 is 0.833 bits per heavy atom. The second-order valence-corrected chi connectivity index (χ2v) is 4.87. The molecule has 0 aromatic heterocycles. The monoisotopic (exact) mass is 236 g/mol. The first-order chi connectivity index (χ1) is 8.84. The van der Waals surface area contributed by atoms with Crippen LogP contribution in [0.1, 0.15) is 31.2 Å². The third-order valence-corrected chi connectivity index (χ3v) is 3.59. The first-order valence-electron chi connectivity index (χ1n) is 6.56. The number of carbonyl (C=O) groups excluding carboxylic acids is 1. The first kappa shape index (κ1) is 11.2. The van der Waals surface area contributed by atoms with Gasteiger partial charge in [-0.15, -0.1) is 0 Å². The molecule has 0 saturated carbocycles. The van der Waals surface area contributed by atoms with Crippen LogP contribution in [0, 0.1) is 0 Å². The molecule has 0 radical (unpaired) electrons. The van der Waals surface area contributed by atoms with Crippen LogP contribution in [0.5, 0.6) is 0 Å². The standard InChI is InChI=1S/C17H16O/c18-15-9-3-1-7-14(12-15)17-11-5-8-13-6-2-4-10-16(13)17/h2,4-6,8,10-12H,1,3,7,9H2. The Morgan fingerprint density at radius 3 is 2.56 bits per heavy atom. The maximum absolute atomic E-state index is 11.7. The fourth-order valence-electron chi connectivity index (χ4n) is 2.67. The molecule has 0 spiro atoms. The Morgan fingerprint density at radius 2 is 1.61 bits per heavy atom. The van der Waals surface area contributed by atoms with Crippen LogP contribution in [0.15, 0.2) is 48.5 Å². The van der Waals surface area contributed by atoms with Gasteiger partial charge in [0.25, 0.3) is 0 Å². The second-order valence-electron chi connectivity index (χ2n) is 4.87. The van der Waals surface area contributed by atoms with Crippen molar-refractivity contribution in [3.8, 4) is 0 Å². The van der Waals surface area contributed by atoms with E-state index in [-0.39, 0.29) is 5.78 Å². The van der Waals surface area contributed by atoms with Crippen molar-refractivity contribution in [1.82, 2.24) is 0 Å². The molecule has 18 heavy (non-hydrogen) atoms. The molecular formula is C17H16O. The molecule has 1 nitrogen and oxygen atoms in total. The first-order valence-corrected chi connectivity index (χ1v) is 6.56. The Hall–Kier alpha value is -1.89. The Bertz CT molecular complexity index is 617. The molecule has 0 unspecified atom stereocenters. The minimum Gasteiger partial charge on any atom is -0.295 e. The summed E-state index contributed by atoms with van der Waals surface area (Å²) in [6.45, 7) is 0. The van der Waals surface area contributed by atoms with Crippen LogP contribution in [0.2, 0.25) is 0 Å². The van der Waals surface area contributed by atoms with Crippen molar-refractivity contribution in [2.24, 2.45) is 0 Å². The molecule has 0 heterocycles. The van der Waals surface area contributed by atoms with Crippen LogP contribution in [-0.4, -0.2) is 5.78 Å². The molecule has 1 aliphatic carbocycles. The molecule has 90 valence electrons. The number of hydrogen-bond acceptors (Lipinski definition) is 1. The van der Waals surface area contributed by atoms with Crippen molar-refractivity contribution in [1.29, 1.82) is 0 Å². The highest BCUT2D eigenvalue weighted by molar-refractivity contribution is 6.02. The summed E-state index contributed by atoms with van der Waals surface area (Å²) in [6.07, 6.45) is 5.70. The van der Waals surface area contributed by atoms with Crippen LogP contribution < -0.4 is 0 Å². The fraction of sp³-hybridized carbons (Fsp3) is 0.235. The van der Waals surface area contributed by atoms with Gasteiger partial charge in [-0.2, -0.15) is 0 Å². The van der Waals surface area contributed by atoms with Gasteiger partial charge in [0.2, 0.25) is 0 Å². The zero-order valence-electron chi connectivity index (χ0n) is 10.4. The van der Waals surface area contributed by atoms with Crippen molar-refractivity contribution in [3.63, 3.8) is 0 Å². The summed E-state index contributed by atoms with van der Waals surface area (Å²) in [7, 11) is 0. The van der Waals surface area contributed by atoms with Gasteiger partial charge >= 0.3 is 0 Å². The number of fused-ring (bicyclic) bond motifs is 1. The molecule has 0 saturated heterocycles. The van der Waals surface area contributed by atoms with E-state index in [4.69, 9.17) is 0 Å². The number of rotatable bonds is 1. The van der Waals surface area contributed by atoms with E-state index >= 15 is 0 Å². The largest absolute Gasteiger partial charge is 0.295 e. The fourth-order valence-corrected chi connectivity index (χ4v) is 2.67. The van der Waals surface area contributed by atoms with Crippen LogP contribution in [0.4, 0.5) is 0 Å². The Balaban J connectivity index is 2.16. The minimum atomic E-state index is 0.274. The van der Waals surface area contributed by atoms with Crippen LogP contribution in [-0.2, 0) is 4.79 Å². The van der Waals surface area contributed by atoms with E-state index in [1.165, 1.54) is 21.9 Å². The topological polar surface area (TPSA) is 17.1 Å². The molecule has 0 N–H and O–H groups in total. The van der Waals surface area contributed by atoms with Crippen molar-refractivity contribution in [2.45, 2.75) is 25.7 Å². The summed E-state index contributed by atoms with van der Waals surface area (Å²) in [6, 6.07) is 14.7. The molecule has 0 fully saturated rings. The predicted molar refractivity (Wildman–Crippen MR) is 75.4 cm³/mol. The van der Waals surface area contributed by atoms with Crippen molar-refractivity contribution in [3.05, 3.63) is 54.1 Å². The lowest BCUT2D eigenvalue weighted by Crippen LogP contribution is -1.91. The molecule has 0 bridgehead atoms. The summed E-state index contributed by atoms with van der Waals surface area (Å²) in [5.41, 5.74) is 2.43. The highest BCUT2D eigenvalue weighted by atomic mass is 16.1. The second kappa shape index (κ2) is 4.77. The van der Waals surface area contributed by atoms with E-state index < -0.39 is 0 Å². The van der Waals surface area contributed by atoms with Gasteiger partial charge in [-0.25, -0.2) is 0 Å². The SMILES string of the molecule is O=C1C=C(c2cccc3ccccc23)CCCC1. The summed E-state index contributed by atoms with van der Waals surface area (Å²) in [5, 5.41) is 2.49. The Labute approximate surface area is 107 Å². The van der Waals surface area contributed by atoms with Crippen molar-refractivity contribution in [2.75, 3.05) is 0 Å². The van der Waals surface area contributed by atoms with Gasteiger partial charge < -0.3 is 0 Å². The number of carbonyl (C=O) groups is 1. The molecule has 3 rings (SSSR count). The van der Waals surface area contributed by atoms with Crippen molar-refractivity contribution >= 4 is 22.1 Å². The zero-order chi connectivity index (χ0) is 12.4. The third kappa shape index (κ3) is 2.08. The quantitative estimate of drug-likeness (QED) is 0.718. The summed E-state index contributed by atoms with van der Waals surface area (Å²) in [5.74, 6) is 0.274. The lowest BCUT2D eigenvalue weighted by Gasteiger charge is -2.09. The molecule has 0 atom stereocenters. The summed E-state index contributed by atoms with van der Waals surface area (Å²) in [4.78, 5) is 11.7. The molecule has 1 heteroatoms. The summed E-state index contributed by atoms with van der Waals surface area (Å²) >= 11 is 0.